The molecule has 1 N–H and O–H groups in total. The number of likely N-dealkylation sites (tertiary alicyclic amines) is 1. The van der Waals surface area contributed by atoms with Crippen molar-refractivity contribution in [2.75, 3.05) is 13.1 Å². The fourth-order valence-electron chi connectivity index (χ4n) is 3.64. The lowest BCUT2D eigenvalue weighted by molar-refractivity contribution is 0.0710. The molecule has 0 spiro atoms. The summed E-state index contributed by atoms with van der Waals surface area (Å²) in [4.78, 5) is 23.5. The van der Waals surface area contributed by atoms with Gasteiger partial charge in [-0.3, -0.25) is 9.78 Å². The lowest BCUT2D eigenvalue weighted by Gasteiger charge is -2.32. The third-order valence-electron chi connectivity index (χ3n) is 5.05. The summed E-state index contributed by atoms with van der Waals surface area (Å²) in [6.07, 6.45) is 7.39. The number of rotatable bonds is 4. The maximum absolute atomic E-state index is 12.6. The minimum Gasteiger partial charge on any atom is -0.508 e. The van der Waals surface area contributed by atoms with Gasteiger partial charge in [-0.1, -0.05) is 12.1 Å². The van der Waals surface area contributed by atoms with E-state index in [0.717, 1.165) is 24.4 Å². The van der Waals surface area contributed by atoms with Crippen molar-refractivity contribution in [2.24, 2.45) is 0 Å². The second-order valence-electron chi connectivity index (χ2n) is 6.85. The largest absolute Gasteiger partial charge is 0.508 e. The number of phenols is 1. The van der Waals surface area contributed by atoms with Gasteiger partial charge in [0, 0.05) is 43.2 Å². The highest BCUT2D eigenvalue weighted by Gasteiger charge is 2.27. The molecule has 2 aromatic heterocycles. The van der Waals surface area contributed by atoms with Crippen molar-refractivity contribution in [1.82, 2.24) is 19.4 Å². The number of phenolic OH excluding ortho intramolecular Hbond substituents is 1. The third kappa shape index (κ3) is 3.84. The number of amides is 1. The number of aromatic hydroxyl groups is 1. The average Bonchev–Trinajstić information content (AvgIpc) is 3.16. The van der Waals surface area contributed by atoms with Gasteiger partial charge in [0.1, 0.15) is 11.6 Å². The normalized spacial score (nSPS) is 15.0. The lowest BCUT2D eigenvalue weighted by Crippen LogP contribution is -2.38. The molecule has 0 bridgehead atoms. The van der Waals surface area contributed by atoms with Gasteiger partial charge in [0.15, 0.2) is 0 Å². The van der Waals surface area contributed by atoms with Crippen molar-refractivity contribution >= 4 is 5.91 Å². The van der Waals surface area contributed by atoms with Crippen molar-refractivity contribution < 1.29 is 9.90 Å². The SMILES string of the molecule is O=C(c1cccc(O)c1)N1CCC(c2nccn2Cc2ccccn2)CC1. The number of piperidine rings is 1. The molecule has 1 aromatic carbocycles. The van der Waals surface area contributed by atoms with Crippen LogP contribution in [0, 0.1) is 0 Å². The van der Waals surface area contributed by atoms with Gasteiger partial charge in [0.25, 0.3) is 5.91 Å². The molecule has 1 aliphatic rings. The van der Waals surface area contributed by atoms with Gasteiger partial charge in [-0.15, -0.1) is 0 Å². The topological polar surface area (TPSA) is 71.2 Å². The second kappa shape index (κ2) is 7.61. The Labute approximate surface area is 158 Å². The zero-order chi connectivity index (χ0) is 18.6. The van der Waals surface area contributed by atoms with Crippen molar-refractivity contribution in [1.29, 1.82) is 0 Å². The number of hydrogen-bond donors (Lipinski definition) is 1. The Kier molecular flexibility index (Phi) is 4.87. The van der Waals surface area contributed by atoms with Crippen LogP contribution in [0.2, 0.25) is 0 Å². The number of aromatic nitrogens is 3. The molecule has 6 heteroatoms. The first-order valence-corrected chi connectivity index (χ1v) is 9.20. The molecule has 27 heavy (non-hydrogen) atoms. The van der Waals surface area contributed by atoms with Crippen LogP contribution in [0.15, 0.2) is 61.1 Å². The zero-order valence-electron chi connectivity index (χ0n) is 15.0. The predicted octanol–water partition coefficient (Wildman–Crippen LogP) is 3.05. The molecule has 1 fully saturated rings. The number of carbonyl (C=O) groups excluding carboxylic acids is 1. The Bertz CT molecular complexity index is 915. The van der Waals surface area contributed by atoms with E-state index >= 15 is 0 Å². The van der Waals surface area contributed by atoms with Crippen molar-refractivity contribution in [2.45, 2.75) is 25.3 Å². The number of hydrogen-bond acceptors (Lipinski definition) is 4. The molecule has 1 amide bonds. The predicted molar refractivity (Wildman–Crippen MR) is 102 cm³/mol. The van der Waals surface area contributed by atoms with Gasteiger partial charge < -0.3 is 14.6 Å². The average molecular weight is 362 g/mol. The smallest absolute Gasteiger partial charge is 0.253 e. The number of benzene rings is 1. The number of imidazole rings is 1. The zero-order valence-corrected chi connectivity index (χ0v) is 15.0. The van der Waals surface area contributed by atoms with Crippen LogP contribution in [0.3, 0.4) is 0 Å². The summed E-state index contributed by atoms with van der Waals surface area (Å²) in [5.41, 5.74) is 1.54. The summed E-state index contributed by atoms with van der Waals surface area (Å²) in [6, 6.07) is 12.5. The van der Waals surface area contributed by atoms with Crippen LogP contribution in [0.25, 0.3) is 0 Å². The fourth-order valence-corrected chi connectivity index (χ4v) is 3.64. The van der Waals surface area contributed by atoms with Gasteiger partial charge in [-0.2, -0.15) is 0 Å². The molecular weight excluding hydrogens is 340 g/mol. The van der Waals surface area contributed by atoms with E-state index in [2.05, 4.69) is 14.5 Å². The molecule has 4 rings (SSSR count). The van der Waals surface area contributed by atoms with E-state index in [4.69, 9.17) is 0 Å². The molecule has 3 heterocycles. The van der Waals surface area contributed by atoms with Crippen molar-refractivity contribution in [3.05, 3.63) is 78.1 Å². The van der Waals surface area contributed by atoms with Crippen LogP contribution in [-0.2, 0) is 6.54 Å². The molecule has 6 nitrogen and oxygen atoms in total. The third-order valence-corrected chi connectivity index (χ3v) is 5.05. The van der Waals surface area contributed by atoms with E-state index in [9.17, 15) is 9.90 Å². The summed E-state index contributed by atoms with van der Waals surface area (Å²) in [7, 11) is 0. The molecule has 0 atom stereocenters. The van der Waals surface area contributed by atoms with Gasteiger partial charge in [0.2, 0.25) is 0 Å². The minimum absolute atomic E-state index is 0.0267. The number of nitrogens with zero attached hydrogens (tertiary/aromatic N) is 4. The molecule has 0 unspecified atom stereocenters. The first-order chi connectivity index (χ1) is 13.2. The Morgan fingerprint density at radius 1 is 1.07 bits per heavy atom. The Hall–Kier alpha value is -3.15. The number of carbonyl (C=O) groups is 1. The Morgan fingerprint density at radius 3 is 2.67 bits per heavy atom. The van der Waals surface area contributed by atoms with Crippen LogP contribution in [0.5, 0.6) is 5.75 Å². The quantitative estimate of drug-likeness (QED) is 0.774. The maximum Gasteiger partial charge on any atom is 0.253 e. The van der Waals surface area contributed by atoms with Gasteiger partial charge in [-0.25, -0.2) is 4.98 Å². The summed E-state index contributed by atoms with van der Waals surface area (Å²) in [5, 5.41) is 9.59. The first-order valence-electron chi connectivity index (χ1n) is 9.20. The second-order valence-corrected chi connectivity index (χ2v) is 6.85. The van der Waals surface area contributed by atoms with E-state index in [0.29, 0.717) is 31.1 Å². The molecule has 1 aliphatic heterocycles. The van der Waals surface area contributed by atoms with Crippen LogP contribution >= 0.6 is 0 Å². The molecule has 0 radical (unpaired) electrons. The van der Waals surface area contributed by atoms with Crippen LogP contribution in [0.4, 0.5) is 0 Å². The van der Waals surface area contributed by atoms with Crippen molar-refractivity contribution in [3.63, 3.8) is 0 Å². The summed E-state index contributed by atoms with van der Waals surface area (Å²) >= 11 is 0. The lowest BCUT2D eigenvalue weighted by atomic mass is 9.95. The highest BCUT2D eigenvalue weighted by atomic mass is 16.3. The molecule has 0 aliphatic carbocycles. The van der Waals surface area contributed by atoms with Crippen LogP contribution in [0.1, 0.15) is 40.6 Å². The summed E-state index contributed by atoms with van der Waals surface area (Å²) in [6.45, 7) is 2.09. The molecule has 3 aromatic rings. The van der Waals surface area contributed by atoms with Crippen LogP contribution in [-0.4, -0.2) is 43.5 Å². The molecule has 138 valence electrons. The standard InChI is InChI=1S/C21H22N4O2/c26-19-6-3-4-17(14-19)21(27)24-11-7-16(8-12-24)20-23-10-13-25(20)15-18-5-1-2-9-22-18/h1-6,9-10,13-14,16,26H,7-8,11-12,15H2. The monoisotopic (exact) mass is 362 g/mol. The Morgan fingerprint density at radius 2 is 1.93 bits per heavy atom. The van der Waals surface area contributed by atoms with Gasteiger partial charge in [0.05, 0.1) is 12.2 Å². The summed E-state index contributed by atoms with van der Waals surface area (Å²) < 4.78 is 2.15. The maximum atomic E-state index is 12.6. The van der Waals surface area contributed by atoms with Gasteiger partial charge >= 0.3 is 0 Å². The van der Waals surface area contributed by atoms with Crippen LogP contribution < -0.4 is 0 Å². The highest BCUT2D eigenvalue weighted by Crippen LogP contribution is 2.28. The number of pyridine rings is 1. The van der Waals surface area contributed by atoms with E-state index in [1.54, 1.807) is 24.4 Å². The first kappa shape index (κ1) is 17.3. The van der Waals surface area contributed by atoms with Crippen molar-refractivity contribution in [3.8, 4) is 5.75 Å². The van der Waals surface area contributed by atoms with E-state index in [-0.39, 0.29) is 11.7 Å². The van der Waals surface area contributed by atoms with E-state index < -0.39 is 0 Å². The van der Waals surface area contributed by atoms with E-state index in [1.165, 1.54) is 6.07 Å². The molecular formula is C21H22N4O2. The van der Waals surface area contributed by atoms with E-state index in [1.807, 2.05) is 35.5 Å². The highest BCUT2D eigenvalue weighted by molar-refractivity contribution is 5.94. The Balaban J connectivity index is 1.41. The molecule has 1 saturated heterocycles. The minimum atomic E-state index is -0.0267. The molecule has 0 saturated carbocycles. The summed E-state index contributed by atoms with van der Waals surface area (Å²) in [5.74, 6) is 1.48. The fraction of sp³-hybridized carbons (Fsp3) is 0.286. The van der Waals surface area contributed by atoms with Gasteiger partial charge in [-0.05, 0) is 43.2 Å².